The molecule has 0 aliphatic carbocycles. The van der Waals surface area contributed by atoms with E-state index in [9.17, 15) is 14.4 Å². The van der Waals surface area contributed by atoms with E-state index in [-0.39, 0.29) is 6.04 Å². The molecule has 1 aromatic carbocycles. The van der Waals surface area contributed by atoms with E-state index >= 15 is 0 Å². The molecule has 21 heavy (non-hydrogen) atoms. The molecule has 0 aromatic heterocycles. The lowest BCUT2D eigenvalue weighted by atomic mass is 10.2. The first-order valence-corrected chi connectivity index (χ1v) is 6.47. The highest BCUT2D eigenvalue weighted by Gasteiger charge is 2.17. The van der Waals surface area contributed by atoms with Crippen LogP contribution in [0.1, 0.15) is 31.1 Å². The Labute approximate surface area is 122 Å². The molecule has 4 amide bonds. The minimum atomic E-state index is -0.859. The Morgan fingerprint density at radius 3 is 2.14 bits per heavy atom. The van der Waals surface area contributed by atoms with E-state index in [2.05, 4.69) is 10.6 Å². The largest absolute Gasteiger partial charge is 0.481 e. The minimum absolute atomic E-state index is 0.0737. The van der Waals surface area contributed by atoms with Gasteiger partial charge in [0.2, 0.25) is 5.91 Å². The number of nitrogens with one attached hydrogen (secondary N) is 2. The van der Waals surface area contributed by atoms with E-state index in [0.717, 1.165) is 0 Å². The van der Waals surface area contributed by atoms with Crippen LogP contribution < -0.4 is 21.1 Å². The van der Waals surface area contributed by atoms with Gasteiger partial charge in [-0.05, 0) is 45.0 Å². The highest BCUT2D eigenvalue weighted by molar-refractivity contribution is 5.96. The monoisotopic (exact) mass is 293 g/mol. The van der Waals surface area contributed by atoms with E-state index in [1.54, 1.807) is 13.8 Å². The maximum absolute atomic E-state index is 11.7. The molecule has 0 fully saturated rings. The number of rotatable bonds is 5. The number of ether oxygens (including phenoxy) is 1. The lowest BCUT2D eigenvalue weighted by Crippen LogP contribution is -2.46. The van der Waals surface area contributed by atoms with Crippen LogP contribution >= 0.6 is 0 Å². The summed E-state index contributed by atoms with van der Waals surface area (Å²) in [6.45, 7) is 5.08. The Balaban J connectivity index is 2.55. The Bertz CT molecular complexity index is 526. The van der Waals surface area contributed by atoms with E-state index in [1.165, 1.54) is 31.2 Å². The molecule has 1 rings (SSSR count). The molecule has 0 aliphatic heterocycles. The number of carbonyl (C=O) groups is 3. The summed E-state index contributed by atoms with van der Waals surface area (Å²) in [6, 6.07) is 5.39. The van der Waals surface area contributed by atoms with Gasteiger partial charge in [0.15, 0.2) is 6.10 Å². The van der Waals surface area contributed by atoms with Crippen LogP contribution in [0.15, 0.2) is 24.3 Å². The smallest absolute Gasteiger partial charge is 0.321 e. The Hall–Kier alpha value is -2.57. The van der Waals surface area contributed by atoms with Crippen molar-refractivity contribution in [1.29, 1.82) is 0 Å². The number of carbonyl (C=O) groups excluding carboxylic acids is 3. The van der Waals surface area contributed by atoms with Crippen LogP contribution in [0.5, 0.6) is 5.75 Å². The normalized spacial score (nSPS) is 11.6. The second kappa shape index (κ2) is 7.28. The third kappa shape index (κ3) is 5.52. The molecular formula is C14H19N3O4. The Kier molecular flexibility index (Phi) is 5.71. The van der Waals surface area contributed by atoms with Crippen molar-refractivity contribution in [3.05, 3.63) is 29.8 Å². The molecule has 0 radical (unpaired) electrons. The van der Waals surface area contributed by atoms with Crippen LogP contribution in [-0.4, -0.2) is 30.0 Å². The van der Waals surface area contributed by atoms with Crippen molar-refractivity contribution in [2.75, 3.05) is 0 Å². The average Bonchev–Trinajstić information content (AvgIpc) is 2.38. The number of primary amides is 1. The van der Waals surface area contributed by atoms with Crippen LogP contribution in [0.2, 0.25) is 0 Å². The molecule has 0 spiro atoms. The topological polar surface area (TPSA) is 111 Å². The summed E-state index contributed by atoms with van der Waals surface area (Å²) < 4.78 is 5.37. The maximum atomic E-state index is 11.7. The zero-order valence-corrected chi connectivity index (χ0v) is 12.2. The van der Waals surface area contributed by atoms with Gasteiger partial charge in [-0.3, -0.25) is 14.9 Å². The van der Waals surface area contributed by atoms with Crippen molar-refractivity contribution in [1.82, 2.24) is 10.6 Å². The molecule has 0 unspecified atom stereocenters. The van der Waals surface area contributed by atoms with Gasteiger partial charge in [0.1, 0.15) is 5.75 Å². The van der Waals surface area contributed by atoms with E-state index in [0.29, 0.717) is 11.3 Å². The highest BCUT2D eigenvalue weighted by atomic mass is 16.5. The maximum Gasteiger partial charge on any atom is 0.321 e. The molecular weight excluding hydrogens is 274 g/mol. The third-order valence-corrected chi connectivity index (χ3v) is 2.48. The first-order valence-electron chi connectivity index (χ1n) is 6.47. The summed E-state index contributed by atoms with van der Waals surface area (Å²) in [7, 11) is 0. The van der Waals surface area contributed by atoms with Gasteiger partial charge in [-0.2, -0.15) is 0 Å². The van der Waals surface area contributed by atoms with Gasteiger partial charge in [0, 0.05) is 11.6 Å². The molecule has 0 saturated carbocycles. The van der Waals surface area contributed by atoms with Gasteiger partial charge >= 0.3 is 6.03 Å². The molecule has 0 aliphatic rings. The SMILES string of the molecule is CC(C)NC(=O)NC(=O)[C@@H](C)Oc1ccc(C(N)=O)cc1. The standard InChI is InChI=1S/C14H19N3O4/c1-8(2)16-14(20)17-13(19)9(3)21-11-6-4-10(5-7-11)12(15)18/h4-9H,1-3H3,(H2,15,18)(H2,16,17,19,20)/t9-/m1/s1. The minimum Gasteiger partial charge on any atom is -0.481 e. The van der Waals surface area contributed by atoms with E-state index in [1.807, 2.05) is 0 Å². The first kappa shape index (κ1) is 16.5. The van der Waals surface area contributed by atoms with Gasteiger partial charge < -0.3 is 15.8 Å². The summed E-state index contributed by atoms with van der Waals surface area (Å²) >= 11 is 0. The summed E-state index contributed by atoms with van der Waals surface area (Å²) in [5.41, 5.74) is 5.46. The zero-order valence-electron chi connectivity index (χ0n) is 12.2. The number of nitrogens with two attached hydrogens (primary N) is 1. The molecule has 4 N–H and O–H groups in total. The fourth-order valence-corrected chi connectivity index (χ4v) is 1.47. The fraction of sp³-hybridized carbons (Fsp3) is 0.357. The van der Waals surface area contributed by atoms with Crippen LogP contribution in [0.4, 0.5) is 4.79 Å². The van der Waals surface area contributed by atoms with E-state index in [4.69, 9.17) is 10.5 Å². The predicted molar refractivity (Wildman–Crippen MR) is 76.9 cm³/mol. The average molecular weight is 293 g/mol. The van der Waals surface area contributed by atoms with Crippen molar-refractivity contribution in [3.8, 4) is 5.75 Å². The molecule has 114 valence electrons. The lowest BCUT2D eigenvalue weighted by molar-refractivity contribution is -0.126. The van der Waals surface area contributed by atoms with Crippen LogP contribution in [-0.2, 0) is 4.79 Å². The van der Waals surface area contributed by atoms with Gasteiger partial charge in [0.25, 0.3) is 5.91 Å². The number of urea groups is 1. The number of hydrogen-bond acceptors (Lipinski definition) is 4. The first-order chi connectivity index (χ1) is 9.79. The third-order valence-electron chi connectivity index (χ3n) is 2.48. The zero-order chi connectivity index (χ0) is 16.0. The molecule has 7 nitrogen and oxygen atoms in total. The van der Waals surface area contributed by atoms with Crippen molar-refractivity contribution >= 4 is 17.8 Å². The lowest BCUT2D eigenvalue weighted by Gasteiger charge is -2.15. The number of amides is 4. The molecule has 7 heteroatoms. The van der Waals surface area contributed by atoms with Crippen molar-refractivity contribution in [2.45, 2.75) is 32.9 Å². The Morgan fingerprint density at radius 1 is 1.10 bits per heavy atom. The number of imide groups is 1. The fourth-order valence-electron chi connectivity index (χ4n) is 1.47. The summed E-state index contributed by atoms with van der Waals surface area (Å²) in [5.74, 6) is -0.711. The number of hydrogen-bond donors (Lipinski definition) is 3. The van der Waals surface area contributed by atoms with Gasteiger partial charge in [-0.15, -0.1) is 0 Å². The Morgan fingerprint density at radius 2 is 1.67 bits per heavy atom. The van der Waals surface area contributed by atoms with Crippen LogP contribution in [0.3, 0.4) is 0 Å². The highest BCUT2D eigenvalue weighted by Crippen LogP contribution is 2.13. The van der Waals surface area contributed by atoms with Crippen LogP contribution in [0.25, 0.3) is 0 Å². The molecule has 1 atom stereocenters. The second-order valence-electron chi connectivity index (χ2n) is 4.77. The molecule has 0 bridgehead atoms. The summed E-state index contributed by atoms with van der Waals surface area (Å²) in [6.07, 6.45) is -0.859. The predicted octanol–water partition coefficient (Wildman–Crippen LogP) is 0.787. The van der Waals surface area contributed by atoms with Crippen LogP contribution in [0, 0.1) is 0 Å². The van der Waals surface area contributed by atoms with Gasteiger partial charge in [0.05, 0.1) is 0 Å². The summed E-state index contributed by atoms with van der Waals surface area (Å²) in [5, 5.41) is 4.71. The number of benzene rings is 1. The quantitative estimate of drug-likeness (QED) is 0.745. The van der Waals surface area contributed by atoms with E-state index < -0.39 is 23.9 Å². The van der Waals surface area contributed by atoms with Crippen molar-refractivity contribution in [3.63, 3.8) is 0 Å². The van der Waals surface area contributed by atoms with Crippen molar-refractivity contribution in [2.24, 2.45) is 5.73 Å². The van der Waals surface area contributed by atoms with Crippen molar-refractivity contribution < 1.29 is 19.1 Å². The second-order valence-corrected chi connectivity index (χ2v) is 4.77. The van der Waals surface area contributed by atoms with Gasteiger partial charge in [-0.1, -0.05) is 0 Å². The summed E-state index contributed by atoms with van der Waals surface area (Å²) in [4.78, 5) is 34.1. The molecule has 0 saturated heterocycles. The molecule has 1 aromatic rings. The van der Waals surface area contributed by atoms with Gasteiger partial charge in [-0.25, -0.2) is 4.79 Å². The molecule has 0 heterocycles.